The Balaban J connectivity index is 1.85. The predicted molar refractivity (Wildman–Crippen MR) is 57.5 cm³/mol. The predicted octanol–water partition coefficient (Wildman–Crippen LogP) is -0.311. The molecule has 2 fully saturated rings. The summed E-state index contributed by atoms with van der Waals surface area (Å²) >= 11 is 0. The van der Waals surface area contributed by atoms with E-state index in [1.165, 1.54) is 0 Å². The number of ether oxygens (including phenoxy) is 1. The van der Waals surface area contributed by atoms with Gasteiger partial charge in [0, 0.05) is 32.6 Å². The van der Waals surface area contributed by atoms with E-state index in [4.69, 9.17) is 10.00 Å². The number of likely N-dealkylation sites (N-methyl/N-ethyl adjacent to an activating group) is 1. The van der Waals surface area contributed by atoms with Gasteiger partial charge in [0.15, 0.2) is 0 Å². The van der Waals surface area contributed by atoms with E-state index in [-0.39, 0.29) is 17.9 Å². The lowest BCUT2D eigenvalue weighted by molar-refractivity contribution is -0.130. The average molecular weight is 223 g/mol. The molecule has 2 heterocycles. The van der Waals surface area contributed by atoms with E-state index in [1.807, 2.05) is 0 Å². The number of hydrogen-bond acceptors (Lipinski definition) is 4. The first-order valence-electron chi connectivity index (χ1n) is 5.66. The lowest BCUT2D eigenvalue weighted by Crippen LogP contribution is -2.46. The van der Waals surface area contributed by atoms with Gasteiger partial charge in [-0.15, -0.1) is 0 Å². The first kappa shape index (κ1) is 11.4. The van der Waals surface area contributed by atoms with Gasteiger partial charge in [-0.2, -0.15) is 5.26 Å². The molecule has 0 bridgehead atoms. The Morgan fingerprint density at radius 3 is 3.00 bits per heavy atom. The maximum absolute atomic E-state index is 11.6. The van der Waals surface area contributed by atoms with Crippen LogP contribution in [0.2, 0.25) is 0 Å². The topological polar surface area (TPSA) is 56.6 Å². The molecule has 0 radical (unpaired) electrons. The summed E-state index contributed by atoms with van der Waals surface area (Å²) in [7, 11) is 2.05. The largest absolute Gasteiger partial charge is 0.374 e. The highest BCUT2D eigenvalue weighted by Crippen LogP contribution is 2.18. The molecule has 0 N–H and O–H groups in total. The van der Waals surface area contributed by atoms with Gasteiger partial charge in [-0.1, -0.05) is 0 Å². The lowest BCUT2D eigenvalue weighted by Gasteiger charge is -2.32. The number of morpholine rings is 1. The van der Waals surface area contributed by atoms with Crippen LogP contribution < -0.4 is 0 Å². The zero-order valence-electron chi connectivity index (χ0n) is 9.56. The highest BCUT2D eigenvalue weighted by Gasteiger charge is 2.32. The van der Waals surface area contributed by atoms with Crippen LogP contribution in [0.3, 0.4) is 0 Å². The number of nitrogens with zero attached hydrogens (tertiary/aromatic N) is 3. The van der Waals surface area contributed by atoms with Crippen molar-refractivity contribution in [2.75, 3.05) is 39.8 Å². The molecule has 0 saturated carbocycles. The summed E-state index contributed by atoms with van der Waals surface area (Å²) in [4.78, 5) is 15.6. The molecule has 1 amide bonds. The molecule has 2 rings (SSSR count). The minimum atomic E-state index is -0.131. The molecule has 2 unspecified atom stereocenters. The van der Waals surface area contributed by atoms with Crippen molar-refractivity contribution in [3.63, 3.8) is 0 Å². The van der Waals surface area contributed by atoms with Crippen molar-refractivity contribution in [3.8, 4) is 6.07 Å². The lowest BCUT2D eigenvalue weighted by atomic mass is 10.1. The second kappa shape index (κ2) is 4.81. The number of hydrogen-bond donors (Lipinski definition) is 0. The van der Waals surface area contributed by atoms with Gasteiger partial charge in [0.2, 0.25) is 5.91 Å². The van der Waals surface area contributed by atoms with E-state index in [9.17, 15) is 4.79 Å². The third kappa shape index (κ3) is 2.52. The molecule has 0 aliphatic carbocycles. The van der Waals surface area contributed by atoms with Crippen LogP contribution in [0, 0.1) is 17.2 Å². The van der Waals surface area contributed by atoms with Crippen LogP contribution in [-0.4, -0.2) is 61.6 Å². The highest BCUT2D eigenvalue weighted by atomic mass is 16.5. The van der Waals surface area contributed by atoms with Crippen LogP contribution in [0.1, 0.15) is 6.42 Å². The van der Waals surface area contributed by atoms with Gasteiger partial charge < -0.3 is 14.5 Å². The number of rotatable bonds is 2. The fourth-order valence-electron chi connectivity index (χ4n) is 2.26. The minimum Gasteiger partial charge on any atom is -0.374 e. The molecular weight excluding hydrogens is 206 g/mol. The average Bonchev–Trinajstić information content (AvgIpc) is 2.60. The minimum absolute atomic E-state index is 0.0865. The molecule has 0 aromatic rings. The van der Waals surface area contributed by atoms with Crippen molar-refractivity contribution in [1.29, 1.82) is 5.26 Å². The van der Waals surface area contributed by atoms with Gasteiger partial charge in [-0.05, 0) is 7.05 Å². The molecule has 2 aliphatic rings. The van der Waals surface area contributed by atoms with Gasteiger partial charge in [0.05, 0.1) is 24.7 Å². The molecule has 5 nitrogen and oxygen atoms in total. The fourth-order valence-corrected chi connectivity index (χ4v) is 2.26. The molecule has 2 aliphatic heterocycles. The number of nitriles is 1. The Labute approximate surface area is 95.6 Å². The standard InChI is InChI=1S/C11H17N3O2/c1-13-2-3-16-10(7-13)8-14-6-9(5-12)4-11(14)15/h9-10H,2-4,6-8H2,1H3. The molecular formula is C11H17N3O2. The first-order chi connectivity index (χ1) is 7.69. The van der Waals surface area contributed by atoms with E-state index in [1.54, 1.807) is 4.90 Å². The SMILES string of the molecule is CN1CCOC(CN2CC(C#N)CC2=O)C1. The second-order valence-electron chi connectivity index (χ2n) is 4.58. The maximum atomic E-state index is 11.6. The van der Waals surface area contributed by atoms with Crippen LogP contribution in [0.25, 0.3) is 0 Å². The third-order valence-electron chi connectivity index (χ3n) is 3.16. The third-order valence-corrected chi connectivity index (χ3v) is 3.16. The molecule has 0 aromatic carbocycles. The first-order valence-corrected chi connectivity index (χ1v) is 5.66. The van der Waals surface area contributed by atoms with E-state index < -0.39 is 0 Å². The second-order valence-corrected chi connectivity index (χ2v) is 4.58. The summed E-state index contributed by atoms with van der Waals surface area (Å²) in [6.45, 7) is 3.73. The smallest absolute Gasteiger partial charge is 0.224 e. The summed E-state index contributed by atoms with van der Waals surface area (Å²) < 4.78 is 5.61. The van der Waals surface area contributed by atoms with Crippen molar-refractivity contribution < 1.29 is 9.53 Å². The van der Waals surface area contributed by atoms with Gasteiger partial charge >= 0.3 is 0 Å². The zero-order valence-corrected chi connectivity index (χ0v) is 9.56. The van der Waals surface area contributed by atoms with Crippen LogP contribution >= 0.6 is 0 Å². The Bertz CT molecular complexity index is 313. The molecule has 2 saturated heterocycles. The Morgan fingerprint density at radius 1 is 1.56 bits per heavy atom. The monoisotopic (exact) mass is 223 g/mol. The Hall–Kier alpha value is -1.12. The van der Waals surface area contributed by atoms with Crippen LogP contribution in [0.15, 0.2) is 0 Å². The number of carbonyl (C=O) groups is 1. The zero-order chi connectivity index (χ0) is 11.5. The van der Waals surface area contributed by atoms with E-state index in [2.05, 4.69) is 18.0 Å². The van der Waals surface area contributed by atoms with E-state index in [0.29, 0.717) is 19.5 Å². The van der Waals surface area contributed by atoms with Gasteiger partial charge in [0.25, 0.3) is 0 Å². The van der Waals surface area contributed by atoms with Crippen LogP contribution in [-0.2, 0) is 9.53 Å². The Kier molecular flexibility index (Phi) is 3.42. The van der Waals surface area contributed by atoms with Crippen molar-refractivity contribution >= 4 is 5.91 Å². The van der Waals surface area contributed by atoms with Crippen molar-refractivity contribution in [3.05, 3.63) is 0 Å². The summed E-state index contributed by atoms with van der Waals surface area (Å²) in [5, 5.41) is 8.78. The molecule has 5 heteroatoms. The quantitative estimate of drug-likeness (QED) is 0.644. The number of carbonyl (C=O) groups excluding carboxylic acids is 1. The summed E-state index contributed by atoms with van der Waals surface area (Å²) in [6.07, 6.45) is 0.471. The normalized spacial score (nSPS) is 31.8. The molecule has 0 spiro atoms. The fraction of sp³-hybridized carbons (Fsp3) is 0.818. The molecule has 2 atom stereocenters. The van der Waals surface area contributed by atoms with Gasteiger partial charge in [-0.25, -0.2) is 0 Å². The number of likely N-dealkylation sites (tertiary alicyclic amines) is 1. The summed E-state index contributed by atoms with van der Waals surface area (Å²) in [5.74, 6) is -0.0443. The maximum Gasteiger partial charge on any atom is 0.224 e. The summed E-state index contributed by atoms with van der Waals surface area (Å²) in [5.41, 5.74) is 0. The highest BCUT2D eigenvalue weighted by molar-refractivity contribution is 5.79. The van der Waals surface area contributed by atoms with Crippen molar-refractivity contribution in [2.24, 2.45) is 5.92 Å². The summed E-state index contributed by atoms with van der Waals surface area (Å²) in [6, 6.07) is 2.16. The van der Waals surface area contributed by atoms with E-state index >= 15 is 0 Å². The van der Waals surface area contributed by atoms with Crippen LogP contribution in [0.5, 0.6) is 0 Å². The van der Waals surface area contributed by atoms with Gasteiger partial charge in [-0.3, -0.25) is 4.79 Å². The van der Waals surface area contributed by atoms with Crippen LogP contribution in [0.4, 0.5) is 0 Å². The van der Waals surface area contributed by atoms with Gasteiger partial charge in [0.1, 0.15) is 0 Å². The van der Waals surface area contributed by atoms with Crippen molar-refractivity contribution in [1.82, 2.24) is 9.80 Å². The number of amides is 1. The Morgan fingerprint density at radius 2 is 2.38 bits per heavy atom. The molecule has 0 aromatic heterocycles. The van der Waals surface area contributed by atoms with Crippen molar-refractivity contribution in [2.45, 2.75) is 12.5 Å². The molecule has 16 heavy (non-hydrogen) atoms. The van der Waals surface area contributed by atoms with E-state index in [0.717, 1.165) is 19.7 Å². The molecule has 88 valence electrons.